The van der Waals surface area contributed by atoms with E-state index in [2.05, 4.69) is 16.5 Å². The summed E-state index contributed by atoms with van der Waals surface area (Å²) in [6, 6.07) is 20.8. The zero-order valence-corrected chi connectivity index (χ0v) is 20.7. The van der Waals surface area contributed by atoms with Crippen LogP contribution in [0, 0.1) is 20.8 Å². The number of halogens is 1. The number of aryl methyl sites for hydroxylation is 3. The lowest BCUT2D eigenvalue weighted by Gasteiger charge is -2.35. The van der Waals surface area contributed by atoms with Crippen LogP contribution in [0.4, 0.5) is 10.5 Å². The third-order valence-corrected chi connectivity index (χ3v) is 6.37. The van der Waals surface area contributed by atoms with Crippen LogP contribution in [-0.4, -0.2) is 16.2 Å². The van der Waals surface area contributed by atoms with E-state index in [0.29, 0.717) is 16.7 Å². The summed E-state index contributed by atoms with van der Waals surface area (Å²) in [6.07, 6.45) is 0. The first kappa shape index (κ1) is 22.9. The van der Waals surface area contributed by atoms with E-state index in [1.54, 1.807) is 17.0 Å². The molecule has 1 atom stereocenters. The lowest BCUT2D eigenvalue weighted by atomic mass is 9.93. The highest BCUT2D eigenvalue weighted by Gasteiger charge is 2.36. The third-order valence-electron chi connectivity index (χ3n) is 6.12. The van der Waals surface area contributed by atoms with Gasteiger partial charge in [0.25, 0.3) is 5.89 Å². The Labute approximate surface area is 209 Å². The van der Waals surface area contributed by atoms with E-state index < -0.39 is 6.04 Å². The molecule has 0 saturated carbocycles. The van der Waals surface area contributed by atoms with Gasteiger partial charge in [0.15, 0.2) is 0 Å². The van der Waals surface area contributed by atoms with Crippen LogP contribution in [0.1, 0.15) is 41.1 Å². The van der Waals surface area contributed by atoms with Crippen molar-refractivity contribution in [3.63, 3.8) is 0 Å². The van der Waals surface area contributed by atoms with Crippen molar-refractivity contribution < 1.29 is 9.32 Å². The third kappa shape index (κ3) is 4.45. The van der Waals surface area contributed by atoms with Gasteiger partial charge in [0.2, 0.25) is 5.82 Å². The van der Waals surface area contributed by atoms with E-state index in [1.165, 1.54) is 0 Å². The minimum Gasteiger partial charge on any atom is -0.334 e. The van der Waals surface area contributed by atoms with E-state index in [4.69, 9.17) is 21.1 Å². The molecule has 2 amide bonds. The second-order valence-corrected chi connectivity index (χ2v) is 9.34. The summed E-state index contributed by atoms with van der Waals surface area (Å²) in [7, 11) is 0. The Hall–Kier alpha value is -3.90. The van der Waals surface area contributed by atoms with Gasteiger partial charge in [-0.2, -0.15) is 4.98 Å². The summed E-state index contributed by atoms with van der Waals surface area (Å²) >= 11 is 6.04. The maximum absolute atomic E-state index is 13.4. The molecule has 1 aliphatic heterocycles. The molecule has 0 saturated heterocycles. The highest BCUT2D eigenvalue weighted by atomic mass is 35.5. The molecule has 0 radical (unpaired) electrons. The van der Waals surface area contributed by atoms with Crippen molar-refractivity contribution in [1.29, 1.82) is 0 Å². The molecular weight excluding hydrogens is 460 g/mol. The molecule has 5 rings (SSSR count). The van der Waals surface area contributed by atoms with E-state index in [0.717, 1.165) is 44.8 Å². The van der Waals surface area contributed by atoms with Crippen molar-refractivity contribution in [1.82, 2.24) is 15.5 Å². The number of allylic oxidation sites excluding steroid dienone is 1. The van der Waals surface area contributed by atoms with Crippen molar-refractivity contribution in [2.24, 2.45) is 0 Å². The van der Waals surface area contributed by atoms with E-state index in [-0.39, 0.29) is 6.03 Å². The molecule has 2 heterocycles. The monoisotopic (exact) mass is 484 g/mol. The Balaban J connectivity index is 1.66. The molecule has 35 heavy (non-hydrogen) atoms. The second-order valence-electron chi connectivity index (χ2n) is 8.90. The van der Waals surface area contributed by atoms with Crippen molar-refractivity contribution in [2.45, 2.75) is 33.7 Å². The molecule has 1 unspecified atom stereocenters. The van der Waals surface area contributed by atoms with Gasteiger partial charge in [0, 0.05) is 16.3 Å². The van der Waals surface area contributed by atoms with Gasteiger partial charge < -0.3 is 9.84 Å². The zero-order chi connectivity index (χ0) is 24.7. The fourth-order valence-electron chi connectivity index (χ4n) is 4.47. The number of carbonyl (C=O) groups excluding carboxylic acids is 1. The molecule has 1 aliphatic rings. The van der Waals surface area contributed by atoms with Gasteiger partial charge in [-0.05, 0) is 80.8 Å². The first-order valence-electron chi connectivity index (χ1n) is 11.4. The Morgan fingerprint density at radius 2 is 1.54 bits per heavy atom. The predicted octanol–water partition coefficient (Wildman–Crippen LogP) is 7.02. The highest BCUT2D eigenvalue weighted by molar-refractivity contribution is 6.30. The van der Waals surface area contributed by atoms with Gasteiger partial charge in [-0.3, -0.25) is 4.90 Å². The summed E-state index contributed by atoms with van der Waals surface area (Å²) in [4.78, 5) is 19.8. The maximum Gasteiger partial charge on any atom is 0.326 e. The van der Waals surface area contributed by atoms with Crippen LogP contribution >= 0.6 is 11.6 Å². The van der Waals surface area contributed by atoms with Gasteiger partial charge in [-0.1, -0.05) is 52.7 Å². The number of hydrogen-bond donors (Lipinski definition) is 1. The van der Waals surface area contributed by atoms with E-state index in [1.807, 2.05) is 76.2 Å². The normalized spacial score (nSPS) is 16.0. The molecule has 4 aromatic rings. The SMILES string of the molecule is CC1=C(c2nc(-c3ccc(Cl)cc3)no2)C(c2ccc(C)cc2)NC(=O)N1c1cc(C)cc(C)c1. The number of anilines is 1. The Morgan fingerprint density at radius 1 is 0.886 bits per heavy atom. The first-order valence-corrected chi connectivity index (χ1v) is 11.7. The average Bonchev–Trinajstić information content (AvgIpc) is 3.29. The fraction of sp³-hybridized carbons (Fsp3) is 0.179. The molecular formula is C28H25ClN4O2. The average molecular weight is 485 g/mol. The van der Waals surface area contributed by atoms with Crippen LogP contribution in [0.3, 0.4) is 0 Å². The number of urea groups is 1. The Bertz CT molecular complexity index is 1420. The number of nitrogens with one attached hydrogen (secondary N) is 1. The lowest BCUT2D eigenvalue weighted by molar-refractivity contribution is 0.244. The van der Waals surface area contributed by atoms with Crippen LogP contribution in [0.25, 0.3) is 17.0 Å². The van der Waals surface area contributed by atoms with Crippen LogP contribution < -0.4 is 10.2 Å². The van der Waals surface area contributed by atoms with Crippen molar-refractivity contribution >= 4 is 28.9 Å². The molecule has 0 fully saturated rings. The van der Waals surface area contributed by atoms with Gasteiger partial charge >= 0.3 is 6.03 Å². The smallest absolute Gasteiger partial charge is 0.326 e. The lowest BCUT2D eigenvalue weighted by Crippen LogP contribution is -2.46. The van der Waals surface area contributed by atoms with E-state index >= 15 is 0 Å². The molecule has 6 nitrogen and oxygen atoms in total. The summed E-state index contributed by atoms with van der Waals surface area (Å²) < 4.78 is 5.77. The van der Waals surface area contributed by atoms with Gasteiger partial charge in [-0.15, -0.1) is 0 Å². The minimum atomic E-state index is -0.441. The predicted molar refractivity (Wildman–Crippen MR) is 138 cm³/mol. The Kier molecular flexibility index (Phi) is 5.91. The zero-order valence-electron chi connectivity index (χ0n) is 20.0. The standard InChI is InChI=1S/C28H25ClN4O2/c1-16-5-7-20(8-6-16)25-24(27-31-26(32-35-27)21-9-11-22(29)12-10-21)19(4)33(28(34)30-25)23-14-17(2)13-18(3)15-23/h5-15,25H,1-4H3,(H,30,34). The van der Waals surface area contributed by atoms with Crippen molar-refractivity contribution in [2.75, 3.05) is 4.90 Å². The first-order chi connectivity index (χ1) is 16.8. The number of nitrogens with zero attached hydrogens (tertiary/aromatic N) is 3. The maximum atomic E-state index is 13.4. The highest BCUT2D eigenvalue weighted by Crippen LogP contribution is 2.39. The molecule has 1 aromatic heterocycles. The summed E-state index contributed by atoms with van der Waals surface area (Å²) in [6.45, 7) is 7.98. The van der Waals surface area contributed by atoms with Crippen LogP contribution in [-0.2, 0) is 0 Å². The van der Waals surface area contributed by atoms with Crippen LogP contribution in [0.15, 0.2) is 77.0 Å². The number of carbonyl (C=O) groups is 1. The number of benzene rings is 3. The molecule has 0 aliphatic carbocycles. The second kappa shape index (κ2) is 9.04. The molecule has 7 heteroatoms. The van der Waals surface area contributed by atoms with E-state index in [9.17, 15) is 4.79 Å². The Morgan fingerprint density at radius 3 is 2.20 bits per heavy atom. The summed E-state index contributed by atoms with van der Waals surface area (Å²) in [5.74, 6) is 0.807. The minimum absolute atomic E-state index is 0.209. The number of aromatic nitrogens is 2. The van der Waals surface area contributed by atoms with Crippen LogP contribution in [0.2, 0.25) is 5.02 Å². The van der Waals surface area contributed by atoms with Crippen molar-refractivity contribution in [3.05, 3.63) is 106 Å². The number of amides is 2. The molecule has 0 bridgehead atoms. The fourth-order valence-corrected chi connectivity index (χ4v) is 4.59. The quantitative estimate of drug-likeness (QED) is 0.338. The molecule has 176 valence electrons. The van der Waals surface area contributed by atoms with Gasteiger partial charge in [0.05, 0.1) is 17.3 Å². The van der Waals surface area contributed by atoms with Gasteiger partial charge in [-0.25, -0.2) is 4.79 Å². The summed E-state index contributed by atoms with van der Waals surface area (Å²) in [5, 5.41) is 8.01. The largest absolute Gasteiger partial charge is 0.334 e. The summed E-state index contributed by atoms with van der Waals surface area (Å²) in [5.41, 5.74) is 7.28. The van der Waals surface area contributed by atoms with Crippen molar-refractivity contribution in [3.8, 4) is 11.4 Å². The molecule has 0 spiro atoms. The number of rotatable bonds is 4. The topological polar surface area (TPSA) is 71.3 Å². The number of hydrogen-bond acceptors (Lipinski definition) is 4. The van der Waals surface area contributed by atoms with Crippen LogP contribution in [0.5, 0.6) is 0 Å². The van der Waals surface area contributed by atoms with Gasteiger partial charge in [0.1, 0.15) is 0 Å². The molecule has 3 aromatic carbocycles. The molecule has 1 N–H and O–H groups in total.